The molecular formula is C11H11NO3. The second-order valence-corrected chi connectivity index (χ2v) is 3.87. The predicted molar refractivity (Wildman–Crippen MR) is 53.3 cm³/mol. The number of rotatable bonds is 1. The van der Waals surface area contributed by atoms with Crippen molar-refractivity contribution in [2.75, 3.05) is 13.2 Å². The lowest BCUT2D eigenvalue weighted by atomic mass is 9.93. The molecule has 1 unspecified atom stereocenters. The molecular weight excluding hydrogens is 194 g/mol. The van der Waals surface area contributed by atoms with Gasteiger partial charge in [0, 0.05) is 13.0 Å². The molecule has 4 nitrogen and oxygen atoms in total. The molecule has 0 bridgehead atoms. The number of nitrogens with zero attached hydrogens (tertiary/aromatic N) is 1. The van der Waals surface area contributed by atoms with Gasteiger partial charge in [0.1, 0.15) is 11.1 Å². The Hall–Kier alpha value is -1.39. The standard InChI is InChI=1S/C11H11NO3/c13-11(3-4-14-6-11)8-1-2-10-9(5-8)12-7-15-10/h1-2,5,7,13H,3-4,6H2. The van der Waals surface area contributed by atoms with Crippen molar-refractivity contribution in [3.8, 4) is 0 Å². The van der Waals surface area contributed by atoms with E-state index in [-0.39, 0.29) is 0 Å². The zero-order valence-corrected chi connectivity index (χ0v) is 8.14. The second-order valence-electron chi connectivity index (χ2n) is 3.87. The third-order valence-corrected chi connectivity index (χ3v) is 2.87. The first kappa shape index (κ1) is 8.88. The number of aromatic nitrogens is 1. The van der Waals surface area contributed by atoms with E-state index in [0.29, 0.717) is 19.6 Å². The molecule has 1 aromatic carbocycles. The molecule has 0 radical (unpaired) electrons. The van der Waals surface area contributed by atoms with Crippen LogP contribution in [0.4, 0.5) is 0 Å². The van der Waals surface area contributed by atoms with Gasteiger partial charge >= 0.3 is 0 Å². The van der Waals surface area contributed by atoms with Crippen molar-refractivity contribution in [2.24, 2.45) is 0 Å². The van der Waals surface area contributed by atoms with Crippen molar-refractivity contribution in [1.29, 1.82) is 0 Å². The van der Waals surface area contributed by atoms with Crippen LogP contribution < -0.4 is 0 Å². The van der Waals surface area contributed by atoms with Crippen LogP contribution in [0.25, 0.3) is 11.1 Å². The SMILES string of the molecule is OC1(c2ccc3ocnc3c2)CCOC1. The van der Waals surface area contributed by atoms with Gasteiger partial charge in [0.2, 0.25) is 0 Å². The molecule has 2 aromatic rings. The maximum Gasteiger partial charge on any atom is 0.181 e. The third kappa shape index (κ3) is 1.33. The summed E-state index contributed by atoms with van der Waals surface area (Å²) in [7, 11) is 0. The highest BCUT2D eigenvalue weighted by atomic mass is 16.5. The Morgan fingerprint density at radius 2 is 2.33 bits per heavy atom. The highest BCUT2D eigenvalue weighted by Crippen LogP contribution is 2.31. The Kier molecular flexibility index (Phi) is 1.81. The molecule has 1 N–H and O–H groups in total. The quantitative estimate of drug-likeness (QED) is 0.765. The molecule has 1 fully saturated rings. The number of aliphatic hydroxyl groups is 1. The van der Waals surface area contributed by atoms with Crippen molar-refractivity contribution >= 4 is 11.1 Å². The Balaban J connectivity index is 2.10. The molecule has 0 aliphatic carbocycles. The summed E-state index contributed by atoms with van der Waals surface area (Å²) in [5.41, 5.74) is 1.50. The van der Waals surface area contributed by atoms with Gasteiger partial charge < -0.3 is 14.3 Å². The molecule has 0 saturated carbocycles. The van der Waals surface area contributed by atoms with Crippen LogP contribution in [-0.4, -0.2) is 23.3 Å². The van der Waals surface area contributed by atoms with E-state index < -0.39 is 5.60 Å². The lowest BCUT2D eigenvalue weighted by Gasteiger charge is -2.20. The molecule has 1 aliphatic heterocycles. The molecule has 4 heteroatoms. The van der Waals surface area contributed by atoms with E-state index in [0.717, 1.165) is 16.7 Å². The van der Waals surface area contributed by atoms with Crippen molar-refractivity contribution in [3.63, 3.8) is 0 Å². The average molecular weight is 205 g/mol. The van der Waals surface area contributed by atoms with Gasteiger partial charge in [-0.1, -0.05) is 6.07 Å². The van der Waals surface area contributed by atoms with E-state index in [1.54, 1.807) is 0 Å². The summed E-state index contributed by atoms with van der Waals surface area (Å²) in [5.74, 6) is 0. The number of benzene rings is 1. The highest BCUT2D eigenvalue weighted by molar-refractivity contribution is 5.73. The minimum absolute atomic E-state index is 0.357. The fourth-order valence-corrected chi connectivity index (χ4v) is 1.93. The second kappa shape index (κ2) is 3.05. The lowest BCUT2D eigenvalue weighted by Crippen LogP contribution is -2.25. The van der Waals surface area contributed by atoms with E-state index in [9.17, 15) is 5.11 Å². The van der Waals surface area contributed by atoms with E-state index in [2.05, 4.69) is 4.98 Å². The highest BCUT2D eigenvalue weighted by Gasteiger charge is 2.34. The van der Waals surface area contributed by atoms with Gasteiger partial charge in [-0.25, -0.2) is 4.98 Å². The number of hydrogen-bond acceptors (Lipinski definition) is 4. The van der Waals surface area contributed by atoms with Gasteiger partial charge in [0.05, 0.1) is 6.61 Å². The zero-order valence-electron chi connectivity index (χ0n) is 8.14. The largest absolute Gasteiger partial charge is 0.443 e. The topological polar surface area (TPSA) is 55.5 Å². The monoisotopic (exact) mass is 205 g/mol. The van der Waals surface area contributed by atoms with Gasteiger partial charge in [-0.3, -0.25) is 0 Å². The Morgan fingerprint density at radius 1 is 1.40 bits per heavy atom. The number of hydrogen-bond donors (Lipinski definition) is 1. The van der Waals surface area contributed by atoms with Gasteiger partial charge in [0.25, 0.3) is 0 Å². The normalized spacial score (nSPS) is 26.2. The predicted octanol–water partition coefficient (Wildman–Crippen LogP) is 1.44. The van der Waals surface area contributed by atoms with Crippen molar-refractivity contribution in [3.05, 3.63) is 30.2 Å². The van der Waals surface area contributed by atoms with Crippen LogP contribution in [0.3, 0.4) is 0 Å². The van der Waals surface area contributed by atoms with E-state index >= 15 is 0 Å². The van der Waals surface area contributed by atoms with Crippen molar-refractivity contribution in [1.82, 2.24) is 4.98 Å². The molecule has 0 spiro atoms. The maximum atomic E-state index is 10.3. The molecule has 2 heterocycles. The van der Waals surface area contributed by atoms with Crippen LogP contribution >= 0.6 is 0 Å². The number of fused-ring (bicyclic) bond motifs is 1. The van der Waals surface area contributed by atoms with Gasteiger partial charge in [-0.15, -0.1) is 0 Å². The minimum Gasteiger partial charge on any atom is -0.443 e. The fourth-order valence-electron chi connectivity index (χ4n) is 1.93. The first-order chi connectivity index (χ1) is 7.28. The van der Waals surface area contributed by atoms with Gasteiger partial charge in [0.15, 0.2) is 12.0 Å². The Labute approximate surface area is 86.5 Å². The smallest absolute Gasteiger partial charge is 0.181 e. The van der Waals surface area contributed by atoms with E-state index in [1.807, 2.05) is 18.2 Å². The molecule has 1 saturated heterocycles. The van der Waals surface area contributed by atoms with Gasteiger partial charge in [-0.05, 0) is 17.7 Å². The Bertz CT molecular complexity index is 485. The molecule has 1 atom stereocenters. The van der Waals surface area contributed by atoms with Crippen LogP contribution in [0.2, 0.25) is 0 Å². The summed E-state index contributed by atoms with van der Waals surface area (Å²) in [6.45, 7) is 0.962. The summed E-state index contributed by atoms with van der Waals surface area (Å²) in [6, 6.07) is 5.55. The number of oxazole rings is 1. The maximum absolute atomic E-state index is 10.3. The molecule has 3 rings (SSSR count). The molecule has 15 heavy (non-hydrogen) atoms. The van der Waals surface area contributed by atoms with Crippen molar-refractivity contribution < 1.29 is 14.3 Å². The summed E-state index contributed by atoms with van der Waals surface area (Å²) in [4.78, 5) is 4.06. The van der Waals surface area contributed by atoms with Crippen LogP contribution in [-0.2, 0) is 10.3 Å². The minimum atomic E-state index is -0.854. The molecule has 78 valence electrons. The average Bonchev–Trinajstić information content (AvgIpc) is 2.85. The summed E-state index contributed by atoms with van der Waals surface area (Å²) in [5, 5.41) is 10.3. The van der Waals surface area contributed by atoms with E-state index in [4.69, 9.17) is 9.15 Å². The summed E-state index contributed by atoms with van der Waals surface area (Å²) >= 11 is 0. The number of ether oxygens (including phenoxy) is 1. The van der Waals surface area contributed by atoms with Crippen LogP contribution in [0.1, 0.15) is 12.0 Å². The summed E-state index contributed by atoms with van der Waals surface area (Å²) in [6.07, 6.45) is 2.04. The molecule has 0 amide bonds. The van der Waals surface area contributed by atoms with Crippen molar-refractivity contribution in [2.45, 2.75) is 12.0 Å². The van der Waals surface area contributed by atoms with Crippen LogP contribution in [0.5, 0.6) is 0 Å². The Morgan fingerprint density at radius 3 is 3.13 bits per heavy atom. The zero-order chi connectivity index (χ0) is 10.3. The third-order valence-electron chi connectivity index (χ3n) is 2.87. The fraction of sp³-hybridized carbons (Fsp3) is 0.364. The van der Waals surface area contributed by atoms with Crippen LogP contribution in [0.15, 0.2) is 29.0 Å². The molecule has 1 aromatic heterocycles. The first-order valence-electron chi connectivity index (χ1n) is 4.92. The molecule has 1 aliphatic rings. The first-order valence-corrected chi connectivity index (χ1v) is 4.92. The lowest BCUT2D eigenvalue weighted by molar-refractivity contribution is 0.0233. The van der Waals surface area contributed by atoms with Crippen LogP contribution in [0, 0.1) is 0 Å². The van der Waals surface area contributed by atoms with Gasteiger partial charge in [-0.2, -0.15) is 0 Å². The summed E-state index contributed by atoms with van der Waals surface area (Å²) < 4.78 is 10.4. The van der Waals surface area contributed by atoms with E-state index in [1.165, 1.54) is 6.39 Å².